The van der Waals surface area contributed by atoms with E-state index in [9.17, 15) is 24.6 Å². The Bertz CT molecular complexity index is 804. The Morgan fingerprint density at radius 1 is 1.29 bits per heavy atom. The minimum atomic E-state index is -1.19. The summed E-state index contributed by atoms with van der Waals surface area (Å²) in [6.45, 7) is -0.311. The van der Waals surface area contributed by atoms with Crippen LogP contribution in [0.1, 0.15) is 28.4 Å². The number of carboxylic acid groups (broad SMARTS) is 1. The molecule has 0 bridgehead atoms. The Morgan fingerprint density at radius 2 is 2.04 bits per heavy atom. The third kappa shape index (κ3) is 1.99. The second-order valence-electron chi connectivity index (χ2n) is 5.77. The molecule has 1 unspecified atom stereocenters. The summed E-state index contributed by atoms with van der Waals surface area (Å²) in [5, 5.41) is 18.3. The minimum absolute atomic E-state index is 0.0693. The summed E-state index contributed by atoms with van der Waals surface area (Å²) in [6.07, 6.45) is -0.361. The molecule has 0 aromatic heterocycles. The zero-order chi connectivity index (χ0) is 17.0. The third-order valence-electron chi connectivity index (χ3n) is 4.47. The quantitative estimate of drug-likeness (QED) is 0.621. The van der Waals surface area contributed by atoms with Crippen molar-refractivity contribution < 1.29 is 29.3 Å². The average Bonchev–Trinajstić information content (AvgIpc) is 3.05. The van der Waals surface area contributed by atoms with E-state index in [4.69, 9.17) is 4.74 Å². The molecule has 4 rings (SSSR count). The van der Waals surface area contributed by atoms with Crippen LogP contribution in [0.25, 0.3) is 0 Å². The maximum absolute atomic E-state index is 12.0. The summed E-state index contributed by atoms with van der Waals surface area (Å²) >= 11 is 1.25. The van der Waals surface area contributed by atoms with Crippen LogP contribution in [0.3, 0.4) is 0 Å². The van der Waals surface area contributed by atoms with Crippen LogP contribution in [0.15, 0.2) is 34.9 Å². The van der Waals surface area contributed by atoms with Crippen molar-refractivity contribution in [3.8, 4) is 0 Å². The number of aliphatic hydroxyl groups excluding tert-OH is 1. The Labute approximate surface area is 140 Å². The molecule has 124 valence electrons. The normalized spacial score (nSPS) is 27.7. The molecule has 2 N–H and O–H groups in total. The highest BCUT2D eigenvalue weighted by atomic mass is 32.2. The number of carbonyl (C=O) groups excluding carboxylic acids is 2. The van der Waals surface area contributed by atoms with Crippen molar-refractivity contribution in [2.24, 2.45) is 5.92 Å². The second-order valence-corrected chi connectivity index (χ2v) is 6.98. The summed E-state index contributed by atoms with van der Waals surface area (Å²) < 4.78 is 5.36. The van der Waals surface area contributed by atoms with Gasteiger partial charge in [-0.15, -0.1) is 11.8 Å². The first kappa shape index (κ1) is 15.2. The lowest BCUT2D eigenvalue weighted by Crippen LogP contribution is -2.58. The number of ether oxygens (including phenoxy) is 1. The number of nitrogens with zero attached hydrogens (tertiary/aromatic N) is 1. The highest BCUT2D eigenvalue weighted by molar-refractivity contribution is 8.04. The molecule has 1 amide bonds. The lowest BCUT2D eigenvalue weighted by molar-refractivity contribution is -0.153. The fourth-order valence-corrected chi connectivity index (χ4v) is 4.83. The van der Waals surface area contributed by atoms with Crippen LogP contribution in [0.4, 0.5) is 0 Å². The van der Waals surface area contributed by atoms with E-state index in [0.717, 1.165) is 5.56 Å². The van der Waals surface area contributed by atoms with Gasteiger partial charge >= 0.3 is 11.9 Å². The van der Waals surface area contributed by atoms with E-state index in [1.54, 1.807) is 24.3 Å². The van der Waals surface area contributed by atoms with Crippen LogP contribution in [0, 0.1) is 5.92 Å². The first-order valence-electron chi connectivity index (χ1n) is 7.40. The van der Waals surface area contributed by atoms with Gasteiger partial charge in [-0.1, -0.05) is 18.2 Å². The number of β-lactam (4-membered cyclic amide) rings is 1. The molecule has 0 aliphatic carbocycles. The van der Waals surface area contributed by atoms with E-state index in [1.807, 2.05) is 0 Å². The highest BCUT2D eigenvalue weighted by Crippen LogP contribution is 2.52. The SMILES string of the molecule is O=C(O)C1=C(CC2OC(=O)c3ccccc32)S[C@@H]2[C@@H](CO)C(=O)N12. The topological polar surface area (TPSA) is 104 Å². The molecule has 0 radical (unpaired) electrons. The lowest BCUT2D eigenvalue weighted by Gasteiger charge is -2.41. The minimum Gasteiger partial charge on any atom is -0.477 e. The van der Waals surface area contributed by atoms with Crippen LogP contribution in [-0.4, -0.2) is 44.9 Å². The van der Waals surface area contributed by atoms with Gasteiger partial charge in [0.15, 0.2) is 0 Å². The van der Waals surface area contributed by atoms with E-state index in [-0.39, 0.29) is 24.6 Å². The van der Waals surface area contributed by atoms with E-state index in [0.29, 0.717) is 10.5 Å². The van der Waals surface area contributed by atoms with Gasteiger partial charge in [0.1, 0.15) is 17.2 Å². The average molecular weight is 347 g/mol. The molecule has 1 fully saturated rings. The highest BCUT2D eigenvalue weighted by Gasteiger charge is 2.56. The Kier molecular flexibility index (Phi) is 3.40. The van der Waals surface area contributed by atoms with Gasteiger partial charge in [-0.3, -0.25) is 9.69 Å². The molecule has 1 aromatic rings. The summed E-state index contributed by atoms with van der Waals surface area (Å²) in [5.41, 5.74) is 1.13. The standard InChI is InChI=1S/C16H13NO6S/c18-6-9-13(19)17-12(15(20)21)11(24-14(9)17)5-10-7-3-1-2-4-8(7)16(22)23-10/h1-4,9-10,14,18H,5-6H2,(H,20,21)/t9-,10?,14+/m0/s1. The smallest absolute Gasteiger partial charge is 0.353 e. The molecule has 1 saturated heterocycles. The number of rotatable bonds is 4. The molecule has 3 heterocycles. The summed E-state index contributed by atoms with van der Waals surface area (Å²) in [5.74, 6) is -2.59. The Balaban J connectivity index is 1.65. The largest absolute Gasteiger partial charge is 0.477 e. The van der Waals surface area contributed by atoms with Crippen LogP contribution in [-0.2, 0) is 14.3 Å². The molecule has 3 atom stereocenters. The zero-order valence-corrected chi connectivity index (χ0v) is 13.2. The number of carboxylic acids is 1. The fourth-order valence-electron chi connectivity index (χ4n) is 3.31. The number of hydrogen-bond acceptors (Lipinski definition) is 6. The molecule has 7 nitrogen and oxygen atoms in total. The number of benzene rings is 1. The number of fused-ring (bicyclic) bond motifs is 2. The van der Waals surface area contributed by atoms with Gasteiger partial charge in [0.05, 0.1) is 18.1 Å². The van der Waals surface area contributed by atoms with Gasteiger partial charge in [-0.05, 0) is 6.07 Å². The summed E-state index contributed by atoms with van der Waals surface area (Å²) in [6, 6.07) is 6.98. The molecule has 0 spiro atoms. The molecule has 3 aliphatic heterocycles. The molecule has 0 saturated carbocycles. The zero-order valence-electron chi connectivity index (χ0n) is 12.3. The predicted molar refractivity (Wildman–Crippen MR) is 82.7 cm³/mol. The van der Waals surface area contributed by atoms with Gasteiger partial charge in [0.25, 0.3) is 0 Å². The summed E-state index contributed by atoms with van der Waals surface area (Å²) in [7, 11) is 0. The van der Waals surface area contributed by atoms with E-state index in [2.05, 4.69) is 0 Å². The predicted octanol–water partition coefficient (Wildman–Crippen LogP) is 1.11. The van der Waals surface area contributed by atoms with E-state index < -0.39 is 29.3 Å². The van der Waals surface area contributed by atoms with Crippen LogP contribution in [0.2, 0.25) is 0 Å². The van der Waals surface area contributed by atoms with Crippen molar-refractivity contribution in [3.05, 3.63) is 46.0 Å². The molecular weight excluding hydrogens is 334 g/mol. The molecule has 8 heteroatoms. The maximum Gasteiger partial charge on any atom is 0.353 e. The lowest BCUT2D eigenvalue weighted by atomic mass is 9.97. The molecule has 1 aromatic carbocycles. The maximum atomic E-state index is 12.0. The van der Waals surface area contributed by atoms with E-state index >= 15 is 0 Å². The van der Waals surface area contributed by atoms with Crippen molar-refractivity contribution in [1.82, 2.24) is 4.90 Å². The monoisotopic (exact) mass is 347 g/mol. The molecule has 3 aliphatic rings. The van der Waals surface area contributed by atoms with E-state index in [1.165, 1.54) is 16.7 Å². The Morgan fingerprint density at radius 3 is 2.75 bits per heavy atom. The van der Waals surface area contributed by atoms with Crippen LogP contribution >= 0.6 is 11.8 Å². The number of carbonyl (C=O) groups is 3. The third-order valence-corrected chi connectivity index (χ3v) is 5.89. The molecular formula is C16H13NO6S. The summed E-state index contributed by atoms with van der Waals surface area (Å²) in [4.78, 5) is 37.2. The van der Waals surface area contributed by atoms with Crippen LogP contribution in [0.5, 0.6) is 0 Å². The number of thioether (sulfide) groups is 1. The molecule has 24 heavy (non-hydrogen) atoms. The first-order chi connectivity index (χ1) is 11.5. The number of aliphatic hydroxyl groups is 1. The van der Waals surface area contributed by atoms with Crippen molar-refractivity contribution >= 4 is 29.6 Å². The van der Waals surface area contributed by atoms with Crippen molar-refractivity contribution in [2.75, 3.05) is 6.61 Å². The van der Waals surface area contributed by atoms with Crippen LogP contribution < -0.4 is 0 Å². The van der Waals surface area contributed by atoms with Gasteiger partial charge in [0.2, 0.25) is 5.91 Å². The first-order valence-corrected chi connectivity index (χ1v) is 8.28. The number of aliphatic carboxylic acids is 1. The Hall–Kier alpha value is -2.32. The van der Waals surface area contributed by atoms with Crippen molar-refractivity contribution in [3.63, 3.8) is 0 Å². The number of hydrogen-bond donors (Lipinski definition) is 2. The number of esters is 1. The second kappa shape index (κ2) is 5.35. The van der Waals surface area contributed by atoms with Gasteiger partial charge in [0, 0.05) is 16.9 Å². The van der Waals surface area contributed by atoms with Crippen molar-refractivity contribution in [1.29, 1.82) is 0 Å². The van der Waals surface area contributed by atoms with Gasteiger partial charge in [-0.2, -0.15) is 0 Å². The van der Waals surface area contributed by atoms with Gasteiger partial charge < -0.3 is 14.9 Å². The fraction of sp³-hybridized carbons (Fsp3) is 0.312. The number of amides is 1. The van der Waals surface area contributed by atoms with Gasteiger partial charge in [-0.25, -0.2) is 9.59 Å². The number of cyclic esters (lactones) is 1. The van der Waals surface area contributed by atoms with Crippen molar-refractivity contribution in [2.45, 2.75) is 17.9 Å².